The largest absolute Gasteiger partial charge is 0.436 e. The van der Waals surface area contributed by atoms with E-state index in [0.717, 1.165) is 43.2 Å². The molecular formula is C35H44ClF3N6O4. The maximum Gasteiger partial charge on any atom is 0.418 e. The van der Waals surface area contributed by atoms with Crippen molar-refractivity contribution in [1.82, 2.24) is 19.6 Å². The molecule has 14 heteroatoms. The lowest BCUT2D eigenvalue weighted by Gasteiger charge is -2.41. The molecule has 2 aromatic carbocycles. The number of likely N-dealkylation sites (tertiary alicyclic amines) is 3. The number of piperidine rings is 3. The lowest BCUT2D eigenvalue weighted by Crippen LogP contribution is -2.53. The average molecular weight is 705 g/mol. The van der Waals surface area contributed by atoms with Crippen LogP contribution >= 0.6 is 11.6 Å². The number of alkyl halides is 3. The number of benzene rings is 2. The Kier molecular flexibility index (Phi) is 10.8. The summed E-state index contributed by atoms with van der Waals surface area (Å²) in [5.41, 5.74) is 0.734. The average Bonchev–Trinajstić information content (AvgIpc) is 3.10. The molecule has 2 N–H and O–H groups in total. The zero-order valence-electron chi connectivity index (χ0n) is 27.7. The summed E-state index contributed by atoms with van der Waals surface area (Å²) in [6.07, 6.45) is -0.811. The van der Waals surface area contributed by atoms with E-state index < -0.39 is 29.8 Å². The number of carbonyl (C=O) groups excluding carboxylic acids is 3. The van der Waals surface area contributed by atoms with E-state index in [1.165, 1.54) is 37.3 Å². The summed E-state index contributed by atoms with van der Waals surface area (Å²) >= 11 is 6.27. The molecule has 4 aliphatic rings. The smallest absolute Gasteiger partial charge is 0.418 e. The Balaban J connectivity index is 1.14. The first-order valence-electron chi connectivity index (χ1n) is 17.2. The fraction of sp³-hybridized carbons (Fsp3) is 0.571. The second-order valence-corrected chi connectivity index (χ2v) is 13.8. The van der Waals surface area contributed by atoms with Gasteiger partial charge in [-0.1, -0.05) is 36.2 Å². The molecule has 0 unspecified atom stereocenters. The van der Waals surface area contributed by atoms with Crippen LogP contribution in [0.3, 0.4) is 0 Å². The van der Waals surface area contributed by atoms with Gasteiger partial charge in [-0.2, -0.15) is 13.2 Å². The van der Waals surface area contributed by atoms with Gasteiger partial charge < -0.3 is 35.0 Å². The van der Waals surface area contributed by atoms with Gasteiger partial charge in [0, 0.05) is 64.0 Å². The Morgan fingerprint density at radius 3 is 2.29 bits per heavy atom. The number of ether oxygens (including phenoxy) is 1. The molecule has 2 aromatic rings. The predicted octanol–water partition coefficient (Wildman–Crippen LogP) is 6.44. The Bertz CT molecular complexity index is 1520. The SMILES string of the molecule is CNc1c(Cl)cc(C[C@@H](OC(=O)N2CCC(N3Cc4ccccc4NC3=O)CC2)C(=O)N2CCC(N3CCCCC3)CC2)cc1C(F)(F)F. The van der Waals surface area contributed by atoms with Gasteiger partial charge >= 0.3 is 18.3 Å². The molecule has 0 bridgehead atoms. The highest BCUT2D eigenvalue weighted by atomic mass is 35.5. The number of amides is 4. The number of nitrogens with one attached hydrogen (secondary N) is 2. The van der Waals surface area contributed by atoms with E-state index in [1.807, 2.05) is 24.3 Å². The molecule has 3 fully saturated rings. The van der Waals surface area contributed by atoms with Gasteiger partial charge in [-0.3, -0.25) is 4.79 Å². The summed E-state index contributed by atoms with van der Waals surface area (Å²) in [7, 11) is 1.36. The molecule has 4 aliphatic heterocycles. The predicted molar refractivity (Wildman–Crippen MR) is 181 cm³/mol. The molecule has 0 spiro atoms. The number of carbonyl (C=O) groups is 3. The third-order valence-corrected chi connectivity index (χ3v) is 10.7. The van der Waals surface area contributed by atoms with E-state index in [0.29, 0.717) is 51.6 Å². The van der Waals surface area contributed by atoms with Crippen LogP contribution in [0.1, 0.15) is 61.6 Å². The maximum atomic E-state index is 14.0. The number of hydrogen-bond donors (Lipinski definition) is 2. The summed E-state index contributed by atoms with van der Waals surface area (Å²) in [5.74, 6) is -0.425. The Labute approximate surface area is 289 Å². The van der Waals surface area contributed by atoms with Crippen LogP contribution in [0.15, 0.2) is 36.4 Å². The fourth-order valence-corrected chi connectivity index (χ4v) is 8.00. The number of nitrogens with zero attached hydrogens (tertiary/aromatic N) is 4. The minimum Gasteiger partial charge on any atom is -0.436 e. The van der Waals surface area contributed by atoms with Crippen LogP contribution in [-0.2, 0) is 28.7 Å². The monoisotopic (exact) mass is 704 g/mol. The first-order valence-corrected chi connectivity index (χ1v) is 17.6. The second-order valence-electron chi connectivity index (χ2n) is 13.4. The second kappa shape index (κ2) is 15.0. The van der Waals surface area contributed by atoms with E-state index >= 15 is 0 Å². The number of rotatable bonds is 7. The van der Waals surface area contributed by atoms with Crippen LogP contribution in [0.5, 0.6) is 0 Å². The third-order valence-electron chi connectivity index (χ3n) is 10.4. The van der Waals surface area contributed by atoms with Crippen LogP contribution in [0.25, 0.3) is 0 Å². The molecule has 4 heterocycles. The quantitative estimate of drug-likeness (QED) is 0.345. The van der Waals surface area contributed by atoms with Gasteiger partial charge in [-0.05, 0) is 80.9 Å². The standard InChI is InChI=1S/C35H44ClF3N6O4/c1-40-31-27(35(37,38)39)19-23(20-28(31)36)21-30(32(46)43-15-9-25(10-16-43)42-13-5-2-6-14-42)49-34(48)44-17-11-26(12-18-44)45-22-24-7-3-4-8-29(24)41-33(45)47/h3-4,7-8,19-20,25-26,30,40H,2,5-6,9-18,21-22H2,1H3,(H,41,47)/t30-/m1/s1. The summed E-state index contributed by atoms with van der Waals surface area (Å²) in [4.78, 5) is 47.9. The molecule has 0 saturated carbocycles. The van der Waals surface area contributed by atoms with Gasteiger partial charge in [-0.15, -0.1) is 0 Å². The molecule has 3 saturated heterocycles. The first kappa shape index (κ1) is 35.1. The van der Waals surface area contributed by atoms with Crippen LogP contribution in [0.4, 0.5) is 34.1 Å². The Morgan fingerprint density at radius 2 is 1.61 bits per heavy atom. The molecule has 1 atom stereocenters. The van der Waals surface area contributed by atoms with Crippen molar-refractivity contribution in [1.29, 1.82) is 0 Å². The van der Waals surface area contributed by atoms with E-state index in [9.17, 15) is 27.6 Å². The zero-order chi connectivity index (χ0) is 34.7. The van der Waals surface area contributed by atoms with E-state index in [4.69, 9.17) is 16.3 Å². The van der Waals surface area contributed by atoms with Crippen LogP contribution < -0.4 is 10.6 Å². The molecule has 266 valence electrons. The van der Waals surface area contributed by atoms with Crippen LogP contribution in [0, 0.1) is 0 Å². The Hall–Kier alpha value is -3.71. The lowest BCUT2D eigenvalue weighted by molar-refractivity contribution is -0.142. The molecule has 10 nitrogen and oxygen atoms in total. The highest BCUT2D eigenvalue weighted by Crippen LogP contribution is 2.40. The van der Waals surface area contributed by atoms with Gasteiger partial charge in [0.15, 0.2) is 6.10 Å². The van der Waals surface area contributed by atoms with Crippen LogP contribution in [-0.4, -0.2) is 102 Å². The highest BCUT2D eigenvalue weighted by Gasteiger charge is 2.38. The van der Waals surface area contributed by atoms with Crippen molar-refractivity contribution < 1.29 is 32.3 Å². The number of para-hydroxylation sites is 1. The topological polar surface area (TPSA) is 97.5 Å². The lowest BCUT2D eigenvalue weighted by atomic mass is 9.98. The van der Waals surface area contributed by atoms with Crippen molar-refractivity contribution in [3.8, 4) is 0 Å². The minimum atomic E-state index is -4.69. The van der Waals surface area contributed by atoms with Gasteiger partial charge in [0.2, 0.25) is 0 Å². The number of urea groups is 1. The number of halogens is 4. The van der Waals surface area contributed by atoms with Crippen LogP contribution in [0.2, 0.25) is 5.02 Å². The normalized spacial score (nSPS) is 20.4. The van der Waals surface area contributed by atoms with E-state index in [-0.39, 0.29) is 34.8 Å². The molecule has 6 rings (SSSR count). The molecular weight excluding hydrogens is 661 g/mol. The van der Waals surface area contributed by atoms with Crippen molar-refractivity contribution in [3.05, 3.63) is 58.1 Å². The number of hydrogen-bond acceptors (Lipinski definition) is 6. The van der Waals surface area contributed by atoms with Gasteiger partial charge in [-0.25, -0.2) is 9.59 Å². The van der Waals surface area contributed by atoms with Gasteiger partial charge in [0.05, 0.1) is 16.3 Å². The summed E-state index contributed by atoms with van der Waals surface area (Å²) in [5, 5.41) is 5.31. The minimum absolute atomic E-state index is 0.0929. The Morgan fingerprint density at radius 1 is 0.959 bits per heavy atom. The van der Waals surface area contributed by atoms with Crippen molar-refractivity contribution in [3.63, 3.8) is 0 Å². The van der Waals surface area contributed by atoms with Gasteiger partial charge in [0.1, 0.15) is 0 Å². The van der Waals surface area contributed by atoms with Crippen molar-refractivity contribution in [2.45, 2.75) is 82.3 Å². The van der Waals surface area contributed by atoms with E-state index in [2.05, 4.69) is 15.5 Å². The van der Waals surface area contributed by atoms with Gasteiger partial charge in [0.25, 0.3) is 5.91 Å². The van der Waals surface area contributed by atoms with Crippen molar-refractivity contribution >= 4 is 41.0 Å². The molecule has 4 amide bonds. The highest BCUT2D eigenvalue weighted by molar-refractivity contribution is 6.33. The maximum absolute atomic E-state index is 14.0. The van der Waals surface area contributed by atoms with Crippen molar-refractivity contribution in [2.24, 2.45) is 0 Å². The molecule has 0 radical (unpaired) electrons. The molecule has 49 heavy (non-hydrogen) atoms. The van der Waals surface area contributed by atoms with E-state index in [1.54, 1.807) is 9.80 Å². The number of fused-ring (bicyclic) bond motifs is 1. The fourth-order valence-electron chi connectivity index (χ4n) is 7.66. The summed E-state index contributed by atoms with van der Waals surface area (Å²) in [6.45, 7) is 4.14. The summed E-state index contributed by atoms with van der Waals surface area (Å²) < 4.78 is 47.8. The third kappa shape index (κ3) is 8.03. The first-order chi connectivity index (χ1) is 23.5. The molecule has 0 aromatic heterocycles. The van der Waals surface area contributed by atoms with Crippen molar-refractivity contribution in [2.75, 3.05) is 56.9 Å². The number of anilines is 2. The molecule has 0 aliphatic carbocycles. The summed E-state index contributed by atoms with van der Waals surface area (Å²) in [6, 6.07) is 10.1. The zero-order valence-corrected chi connectivity index (χ0v) is 28.5.